The van der Waals surface area contributed by atoms with E-state index >= 15 is 4.39 Å². The molecule has 3 aromatic heterocycles. The topological polar surface area (TPSA) is 133 Å². The molecular weight excluding hydrogens is 551 g/mol. The Morgan fingerprint density at radius 3 is 2.63 bits per heavy atom. The number of nitrogen functional groups attached to an aromatic ring is 1. The van der Waals surface area contributed by atoms with Crippen LogP contribution in [-0.2, 0) is 12.8 Å². The number of hydrogen-bond acceptors (Lipinski definition) is 10. The molecule has 0 spiro atoms. The average molecular weight is 577 g/mol. The number of ether oxygens (including phenoxy) is 2. The summed E-state index contributed by atoms with van der Waals surface area (Å²) >= 11 is 0. The highest BCUT2D eigenvalue weighted by Gasteiger charge is 2.39. The molecule has 1 aliphatic rings. The minimum absolute atomic E-state index is 0.00668. The van der Waals surface area contributed by atoms with Crippen LogP contribution in [0.25, 0.3) is 22.2 Å². The van der Waals surface area contributed by atoms with Gasteiger partial charge in [-0.2, -0.15) is 23.1 Å². The fraction of sp³-hybridized carbons (Fsp3) is 0.346. The fourth-order valence-corrected chi connectivity index (χ4v) is 4.44. The van der Waals surface area contributed by atoms with Crippen LogP contribution >= 0.6 is 0 Å². The molecule has 5 rings (SSSR count). The maximum absolute atomic E-state index is 16.3. The van der Waals surface area contributed by atoms with E-state index in [0.717, 1.165) is 6.92 Å². The van der Waals surface area contributed by atoms with Crippen molar-refractivity contribution >= 4 is 22.4 Å². The molecule has 4 aromatic rings. The van der Waals surface area contributed by atoms with E-state index in [1.54, 1.807) is 6.92 Å². The molecule has 0 bridgehead atoms. The summed E-state index contributed by atoms with van der Waals surface area (Å²) in [6, 6.07) is 0.425. The van der Waals surface area contributed by atoms with Gasteiger partial charge in [0.15, 0.2) is 5.82 Å². The molecule has 0 amide bonds. The maximum atomic E-state index is 16.3. The fourth-order valence-electron chi connectivity index (χ4n) is 4.44. The van der Waals surface area contributed by atoms with Crippen molar-refractivity contribution in [1.82, 2.24) is 30.2 Å². The molecule has 0 fully saturated rings. The van der Waals surface area contributed by atoms with E-state index in [-0.39, 0.29) is 29.7 Å². The van der Waals surface area contributed by atoms with Gasteiger partial charge < -0.3 is 25.8 Å². The molecule has 1 atom stereocenters. The van der Waals surface area contributed by atoms with Gasteiger partial charge in [0.2, 0.25) is 5.88 Å². The second kappa shape index (κ2) is 11.2. The van der Waals surface area contributed by atoms with Gasteiger partial charge in [0.05, 0.1) is 29.2 Å². The number of nitrogens with zero attached hydrogens (tertiary/aromatic N) is 5. The number of hydrogen-bond donors (Lipinski definition) is 3. The third kappa shape index (κ3) is 5.75. The quantitative estimate of drug-likeness (QED) is 0.237. The number of benzene rings is 1. The molecule has 0 saturated heterocycles. The number of nitrogens with two attached hydrogens (primary N) is 1. The van der Waals surface area contributed by atoms with E-state index in [2.05, 4.69) is 35.6 Å². The van der Waals surface area contributed by atoms with Gasteiger partial charge >= 0.3 is 12.2 Å². The smallest absolute Gasteiger partial charge is 0.417 e. The van der Waals surface area contributed by atoms with Crippen LogP contribution < -0.4 is 25.8 Å². The number of halogens is 5. The SMILES string of the molecule is Cc1c(F)c(N)cc(-c2nc3c4c(nc(OCc5cnccn5)nc4c2F)NCCNCCC(C)O3)c1C(F)(F)F. The zero-order valence-electron chi connectivity index (χ0n) is 21.9. The minimum atomic E-state index is -5.06. The van der Waals surface area contributed by atoms with E-state index in [9.17, 15) is 17.6 Å². The Morgan fingerprint density at radius 2 is 1.90 bits per heavy atom. The molecule has 1 aliphatic heterocycles. The Balaban J connectivity index is 1.77. The minimum Gasteiger partial charge on any atom is -0.474 e. The highest BCUT2D eigenvalue weighted by molar-refractivity contribution is 5.96. The predicted octanol–water partition coefficient (Wildman–Crippen LogP) is 4.42. The largest absolute Gasteiger partial charge is 0.474 e. The van der Waals surface area contributed by atoms with E-state index < -0.39 is 57.5 Å². The number of nitrogens with one attached hydrogen (secondary N) is 2. The highest BCUT2D eigenvalue weighted by Crippen LogP contribution is 2.44. The van der Waals surface area contributed by atoms with Gasteiger partial charge in [-0.1, -0.05) is 0 Å². The molecule has 1 aromatic carbocycles. The molecule has 4 heterocycles. The molecule has 15 heteroatoms. The van der Waals surface area contributed by atoms with Gasteiger partial charge in [0.25, 0.3) is 0 Å². The van der Waals surface area contributed by atoms with E-state index in [0.29, 0.717) is 37.8 Å². The Hall–Kier alpha value is -4.40. The second-order valence-corrected chi connectivity index (χ2v) is 9.36. The first-order chi connectivity index (χ1) is 19.5. The number of aromatic nitrogens is 5. The van der Waals surface area contributed by atoms with Crippen molar-refractivity contribution in [2.45, 2.75) is 39.2 Å². The summed E-state index contributed by atoms with van der Waals surface area (Å²) in [6.45, 7) is 4.00. The summed E-state index contributed by atoms with van der Waals surface area (Å²) in [5.41, 5.74) is 1.38. The van der Waals surface area contributed by atoms with E-state index in [4.69, 9.17) is 15.2 Å². The van der Waals surface area contributed by atoms with Crippen LogP contribution in [0, 0.1) is 18.6 Å². The van der Waals surface area contributed by atoms with Crippen molar-refractivity contribution in [1.29, 1.82) is 0 Å². The van der Waals surface area contributed by atoms with Crippen LogP contribution in [0.4, 0.5) is 33.5 Å². The summed E-state index contributed by atoms with van der Waals surface area (Å²) in [5.74, 6) is -2.59. The van der Waals surface area contributed by atoms with E-state index in [1.807, 2.05) is 0 Å². The zero-order valence-corrected chi connectivity index (χ0v) is 21.9. The summed E-state index contributed by atoms with van der Waals surface area (Å²) in [7, 11) is 0. The first-order valence-corrected chi connectivity index (χ1v) is 12.6. The van der Waals surface area contributed by atoms with Crippen molar-refractivity contribution in [3.05, 3.63) is 53.1 Å². The van der Waals surface area contributed by atoms with Gasteiger partial charge in [-0.3, -0.25) is 9.97 Å². The lowest BCUT2D eigenvalue weighted by Gasteiger charge is -2.21. The molecule has 4 N–H and O–H groups in total. The first kappa shape index (κ1) is 28.1. The zero-order chi connectivity index (χ0) is 29.3. The van der Waals surface area contributed by atoms with E-state index in [1.165, 1.54) is 18.6 Å². The van der Waals surface area contributed by atoms with Crippen LogP contribution in [0.3, 0.4) is 0 Å². The number of rotatable bonds is 4. The number of alkyl halides is 3. The Labute approximate surface area is 230 Å². The van der Waals surface area contributed by atoms with Crippen LogP contribution in [0.2, 0.25) is 0 Å². The molecule has 216 valence electrons. The maximum Gasteiger partial charge on any atom is 0.417 e. The van der Waals surface area contributed by atoms with Crippen molar-refractivity contribution < 1.29 is 31.4 Å². The first-order valence-electron chi connectivity index (χ1n) is 12.6. The molecule has 0 radical (unpaired) electrons. The average Bonchev–Trinajstić information content (AvgIpc) is 2.96. The summed E-state index contributed by atoms with van der Waals surface area (Å²) in [6.07, 6.45) is -0.627. The standard InChI is InChI=1S/C26H25F5N8O2/c1-12-3-4-33-5-8-36-23-17-22(38-25(39-23)40-11-14-10-34-6-7-35-14)20(28)21(37-24(17)41-12)15-9-16(32)19(27)13(2)18(15)26(29,30)31/h6-7,9-10,12,33H,3-5,8,11,32H2,1-2H3,(H,36,38,39). The van der Waals surface area contributed by atoms with Crippen LogP contribution in [0.1, 0.15) is 30.2 Å². The molecule has 0 aliphatic carbocycles. The summed E-state index contributed by atoms with van der Waals surface area (Å²) in [4.78, 5) is 20.8. The Morgan fingerprint density at radius 1 is 1.10 bits per heavy atom. The lowest BCUT2D eigenvalue weighted by atomic mass is 9.96. The molecular formula is C26H25F5N8O2. The van der Waals surface area contributed by atoms with Gasteiger partial charge in [-0.05, 0) is 38.4 Å². The Kier molecular flexibility index (Phi) is 7.71. The molecule has 10 nitrogen and oxygen atoms in total. The second-order valence-electron chi connectivity index (χ2n) is 9.36. The summed E-state index contributed by atoms with van der Waals surface area (Å²) < 4.78 is 85.1. The number of pyridine rings is 1. The van der Waals surface area contributed by atoms with Crippen molar-refractivity contribution in [3.63, 3.8) is 0 Å². The highest BCUT2D eigenvalue weighted by atomic mass is 19.4. The predicted molar refractivity (Wildman–Crippen MR) is 139 cm³/mol. The lowest BCUT2D eigenvalue weighted by Crippen LogP contribution is -2.26. The van der Waals surface area contributed by atoms with Gasteiger partial charge in [0, 0.05) is 31.0 Å². The lowest BCUT2D eigenvalue weighted by molar-refractivity contribution is -0.137. The van der Waals surface area contributed by atoms with Gasteiger partial charge in [-0.15, -0.1) is 0 Å². The van der Waals surface area contributed by atoms with Gasteiger partial charge in [0.1, 0.15) is 34.8 Å². The van der Waals surface area contributed by atoms with Gasteiger partial charge in [-0.25, -0.2) is 13.8 Å². The molecule has 41 heavy (non-hydrogen) atoms. The van der Waals surface area contributed by atoms with Crippen molar-refractivity contribution in [2.24, 2.45) is 0 Å². The normalized spacial score (nSPS) is 16.0. The van der Waals surface area contributed by atoms with Crippen molar-refractivity contribution in [2.75, 3.05) is 30.7 Å². The summed E-state index contributed by atoms with van der Waals surface area (Å²) in [5, 5.41) is 6.30. The number of anilines is 2. The Bertz CT molecular complexity index is 1590. The molecule has 1 unspecified atom stereocenters. The third-order valence-electron chi connectivity index (χ3n) is 6.40. The van der Waals surface area contributed by atoms with Crippen LogP contribution in [0.15, 0.2) is 24.7 Å². The van der Waals surface area contributed by atoms with Crippen LogP contribution in [0.5, 0.6) is 11.9 Å². The van der Waals surface area contributed by atoms with Crippen molar-refractivity contribution in [3.8, 4) is 23.1 Å². The molecule has 0 saturated carbocycles. The third-order valence-corrected chi connectivity index (χ3v) is 6.40. The monoisotopic (exact) mass is 576 g/mol. The van der Waals surface area contributed by atoms with Crippen LogP contribution in [-0.4, -0.2) is 50.7 Å².